The molecule has 0 unspecified atom stereocenters. The number of ether oxygens (including phenoxy) is 2. The Labute approximate surface area is 173 Å². The summed E-state index contributed by atoms with van der Waals surface area (Å²) < 4.78 is 10.1. The number of likely N-dealkylation sites (N-methyl/N-ethyl adjacent to an activating group) is 1. The van der Waals surface area contributed by atoms with Crippen molar-refractivity contribution in [1.29, 1.82) is 0 Å². The van der Waals surface area contributed by atoms with Crippen molar-refractivity contribution in [2.75, 3.05) is 32.6 Å². The van der Waals surface area contributed by atoms with Crippen LogP contribution in [0.4, 0.5) is 5.69 Å². The lowest BCUT2D eigenvalue weighted by Gasteiger charge is -2.18. The van der Waals surface area contributed by atoms with E-state index < -0.39 is 17.8 Å². The first-order valence-corrected chi connectivity index (χ1v) is 9.18. The third kappa shape index (κ3) is 5.68. The van der Waals surface area contributed by atoms with Gasteiger partial charge in [-0.2, -0.15) is 0 Å². The van der Waals surface area contributed by atoms with Gasteiger partial charge in [0.05, 0.1) is 37.2 Å². The fraction of sp³-hybridized carbons (Fsp3) is 0.300. The monoisotopic (exact) mass is 419 g/mol. The van der Waals surface area contributed by atoms with Gasteiger partial charge in [-0.15, -0.1) is 0 Å². The molecule has 9 heteroatoms. The molecule has 154 valence electrons. The molecule has 0 bridgehead atoms. The Morgan fingerprint density at radius 1 is 1.21 bits per heavy atom. The summed E-state index contributed by atoms with van der Waals surface area (Å²) >= 11 is 5.95. The van der Waals surface area contributed by atoms with E-state index in [-0.39, 0.29) is 24.4 Å². The summed E-state index contributed by atoms with van der Waals surface area (Å²) in [4.78, 5) is 42.2. The number of carbonyl (C=O) groups excluding carboxylic acids is 3. The van der Waals surface area contributed by atoms with Crippen LogP contribution in [0, 0.1) is 6.92 Å². The summed E-state index contributed by atoms with van der Waals surface area (Å²) in [6.45, 7) is 3.35. The average Bonchev–Trinajstić information content (AvgIpc) is 2.67. The lowest BCUT2D eigenvalue weighted by atomic mass is 10.2. The maximum absolute atomic E-state index is 12.6. The van der Waals surface area contributed by atoms with Crippen molar-refractivity contribution in [3.63, 3.8) is 0 Å². The van der Waals surface area contributed by atoms with Crippen molar-refractivity contribution in [2.45, 2.75) is 13.8 Å². The molecule has 2 rings (SSSR count). The minimum absolute atomic E-state index is 0.117. The van der Waals surface area contributed by atoms with Crippen LogP contribution in [-0.2, 0) is 9.53 Å². The number of carbonyl (C=O) groups is 3. The number of methoxy groups -OCH3 is 1. The zero-order chi connectivity index (χ0) is 21.6. The summed E-state index contributed by atoms with van der Waals surface area (Å²) in [5.41, 5.74) is 1.18. The molecule has 1 N–H and O–H groups in total. The molecule has 0 saturated carbocycles. The van der Waals surface area contributed by atoms with Gasteiger partial charge >= 0.3 is 5.97 Å². The van der Waals surface area contributed by atoms with Gasteiger partial charge in [0.2, 0.25) is 5.91 Å². The summed E-state index contributed by atoms with van der Waals surface area (Å²) in [5.74, 6) is -0.943. The Hall–Kier alpha value is -3.13. The molecule has 0 spiro atoms. The Morgan fingerprint density at radius 3 is 2.55 bits per heavy atom. The van der Waals surface area contributed by atoms with E-state index in [1.807, 2.05) is 0 Å². The predicted molar refractivity (Wildman–Crippen MR) is 109 cm³/mol. The summed E-state index contributed by atoms with van der Waals surface area (Å²) in [6.07, 6.45) is 0. The standard InChI is InChI=1S/C20H22ClN3O5/c1-5-29-20(27)14-7-8-15(22-12(14)2)19(26)24(3)11-18(25)23-16-10-13(21)6-9-17(16)28-4/h6-10H,5,11H2,1-4H3,(H,23,25). The molecule has 0 saturated heterocycles. The number of esters is 1. The Kier molecular flexibility index (Phi) is 7.55. The smallest absolute Gasteiger partial charge is 0.339 e. The fourth-order valence-electron chi connectivity index (χ4n) is 2.56. The van der Waals surface area contributed by atoms with E-state index in [0.717, 1.165) is 0 Å². The van der Waals surface area contributed by atoms with Crippen LogP contribution in [0.3, 0.4) is 0 Å². The highest BCUT2D eigenvalue weighted by atomic mass is 35.5. The second-order valence-electron chi connectivity index (χ2n) is 6.10. The highest BCUT2D eigenvalue weighted by Crippen LogP contribution is 2.27. The van der Waals surface area contributed by atoms with Crippen LogP contribution in [0.15, 0.2) is 30.3 Å². The van der Waals surface area contributed by atoms with Gasteiger partial charge in [-0.25, -0.2) is 9.78 Å². The molecule has 1 heterocycles. The van der Waals surface area contributed by atoms with Crippen LogP contribution in [0.2, 0.25) is 5.02 Å². The zero-order valence-corrected chi connectivity index (χ0v) is 17.4. The van der Waals surface area contributed by atoms with Gasteiger partial charge in [0.1, 0.15) is 11.4 Å². The molecule has 2 amide bonds. The van der Waals surface area contributed by atoms with E-state index in [1.165, 1.54) is 31.2 Å². The minimum Gasteiger partial charge on any atom is -0.495 e. The molecular weight excluding hydrogens is 398 g/mol. The minimum atomic E-state index is -0.500. The summed E-state index contributed by atoms with van der Waals surface area (Å²) in [7, 11) is 2.95. The molecular formula is C20H22ClN3O5. The molecule has 0 radical (unpaired) electrons. The van der Waals surface area contributed by atoms with E-state index in [0.29, 0.717) is 22.2 Å². The quantitative estimate of drug-likeness (QED) is 0.693. The lowest BCUT2D eigenvalue weighted by molar-refractivity contribution is -0.116. The summed E-state index contributed by atoms with van der Waals surface area (Å²) in [5, 5.41) is 3.10. The second kappa shape index (κ2) is 9.88. The number of hydrogen-bond acceptors (Lipinski definition) is 6. The number of amides is 2. The topological polar surface area (TPSA) is 97.8 Å². The van der Waals surface area contributed by atoms with Crippen molar-refractivity contribution in [3.05, 3.63) is 52.3 Å². The van der Waals surface area contributed by atoms with Gasteiger partial charge in [0.25, 0.3) is 5.91 Å². The van der Waals surface area contributed by atoms with E-state index in [2.05, 4.69) is 10.3 Å². The Morgan fingerprint density at radius 2 is 1.93 bits per heavy atom. The van der Waals surface area contributed by atoms with Gasteiger partial charge in [0, 0.05) is 12.1 Å². The van der Waals surface area contributed by atoms with Crippen LogP contribution < -0.4 is 10.1 Å². The molecule has 0 atom stereocenters. The van der Waals surface area contributed by atoms with Gasteiger partial charge in [-0.3, -0.25) is 9.59 Å². The SMILES string of the molecule is CCOC(=O)c1ccc(C(=O)N(C)CC(=O)Nc2cc(Cl)ccc2OC)nc1C. The Balaban J connectivity index is 2.07. The predicted octanol–water partition coefficient (Wildman–Crippen LogP) is 2.94. The number of halogens is 1. The van der Waals surface area contributed by atoms with Gasteiger partial charge in [0.15, 0.2) is 0 Å². The highest BCUT2D eigenvalue weighted by molar-refractivity contribution is 6.31. The first-order chi connectivity index (χ1) is 13.8. The van der Waals surface area contributed by atoms with Gasteiger partial charge < -0.3 is 19.7 Å². The van der Waals surface area contributed by atoms with Gasteiger partial charge in [-0.1, -0.05) is 11.6 Å². The van der Waals surface area contributed by atoms with Crippen molar-refractivity contribution in [1.82, 2.24) is 9.88 Å². The molecule has 0 aliphatic rings. The number of benzene rings is 1. The van der Waals surface area contributed by atoms with Crippen LogP contribution in [0.5, 0.6) is 5.75 Å². The van der Waals surface area contributed by atoms with E-state index >= 15 is 0 Å². The molecule has 2 aromatic rings. The molecule has 0 aliphatic heterocycles. The normalized spacial score (nSPS) is 10.2. The van der Waals surface area contributed by atoms with Crippen molar-refractivity contribution < 1.29 is 23.9 Å². The fourth-order valence-corrected chi connectivity index (χ4v) is 2.73. The van der Waals surface area contributed by atoms with Crippen molar-refractivity contribution in [3.8, 4) is 5.75 Å². The first kappa shape index (κ1) is 22.2. The third-order valence-electron chi connectivity index (χ3n) is 3.96. The molecule has 0 aliphatic carbocycles. The van der Waals surface area contributed by atoms with Crippen LogP contribution >= 0.6 is 11.6 Å². The lowest BCUT2D eigenvalue weighted by Crippen LogP contribution is -2.35. The number of anilines is 1. The number of pyridine rings is 1. The number of aryl methyl sites for hydroxylation is 1. The van der Waals surface area contributed by atoms with Crippen LogP contribution in [0.25, 0.3) is 0 Å². The third-order valence-corrected chi connectivity index (χ3v) is 4.20. The highest BCUT2D eigenvalue weighted by Gasteiger charge is 2.19. The molecule has 1 aromatic heterocycles. The number of hydrogen-bond donors (Lipinski definition) is 1. The van der Waals surface area contributed by atoms with E-state index in [1.54, 1.807) is 32.0 Å². The Bertz CT molecular complexity index is 932. The van der Waals surface area contributed by atoms with Crippen molar-refractivity contribution >= 4 is 35.1 Å². The average molecular weight is 420 g/mol. The molecule has 0 fully saturated rings. The first-order valence-electron chi connectivity index (χ1n) is 8.80. The molecule has 1 aromatic carbocycles. The maximum atomic E-state index is 12.6. The van der Waals surface area contributed by atoms with E-state index in [9.17, 15) is 14.4 Å². The van der Waals surface area contributed by atoms with Gasteiger partial charge in [-0.05, 0) is 44.2 Å². The second-order valence-corrected chi connectivity index (χ2v) is 6.54. The number of aromatic nitrogens is 1. The van der Waals surface area contributed by atoms with Crippen molar-refractivity contribution in [2.24, 2.45) is 0 Å². The molecule has 29 heavy (non-hydrogen) atoms. The number of nitrogens with one attached hydrogen (secondary N) is 1. The van der Waals surface area contributed by atoms with E-state index in [4.69, 9.17) is 21.1 Å². The maximum Gasteiger partial charge on any atom is 0.339 e. The molecule has 8 nitrogen and oxygen atoms in total. The number of rotatable bonds is 7. The summed E-state index contributed by atoms with van der Waals surface area (Å²) in [6, 6.07) is 7.73. The zero-order valence-electron chi connectivity index (χ0n) is 16.6. The number of nitrogens with zero attached hydrogens (tertiary/aromatic N) is 2. The van der Waals surface area contributed by atoms with Crippen LogP contribution in [-0.4, -0.2) is 55.0 Å². The largest absolute Gasteiger partial charge is 0.495 e. The van der Waals surface area contributed by atoms with Crippen LogP contribution in [0.1, 0.15) is 33.5 Å².